The molecule has 7 heteroatoms. The zero-order valence-corrected chi connectivity index (χ0v) is 10.4. The van der Waals surface area contributed by atoms with Crippen LogP contribution in [0.5, 0.6) is 5.88 Å². The van der Waals surface area contributed by atoms with E-state index in [2.05, 4.69) is 9.71 Å². The molecule has 0 unspecified atom stereocenters. The first-order chi connectivity index (χ1) is 7.59. The number of hydrogen-bond donors (Lipinski definition) is 1. The van der Waals surface area contributed by atoms with E-state index >= 15 is 0 Å². The molecule has 16 heavy (non-hydrogen) atoms. The Morgan fingerprint density at radius 2 is 2.31 bits per heavy atom. The molecule has 0 aliphatic heterocycles. The monoisotopic (exact) mass is 264 g/mol. The smallest absolute Gasteiger partial charge is 0.238 e. The molecule has 0 saturated carbocycles. The second-order valence-electron chi connectivity index (χ2n) is 3.02. The lowest BCUT2D eigenvalue weighted by Crippen LogP contribution is -2.17. The molecule has 1 N–H and O–H groups in total. The third kappa shape index (κ3) is 3.86. The molecule has 0 spiro atoms. The van der Waals surface area contributed by atoms with Crippen LogP contribution in [-0.2, 0) is 10.0 Å². The molecule has 0 saturated heterocycles. The average molecular weight is 265 g/mol. The number of anilines is 1. The highest BCUT2D eigenvalue weighted by Gasteiger charge is 2.13. The van der Waals surface area contributed by atoms with Crippen LogP contribution >= 0.6 is 11.6 Å². The van der Waals surface area contributed by atoms with Gasteiger partial charge in [-0.25, -0.2) is 13.4 Å². The summed E-state index contributed by atoms with van der Waals surface area (Å²) in [6, 6.07) is 3.21. The Morgan fingerprint density at radius 3 is 2.94 bits per heavy atom. The van der Waals surface area contributed by atoms with E-state index in [0.717, 1.165) is 0 Å². The molecule has 0 atom stereocenters. The van der Waals surface area contributed by atoms with E-state index in [9.17, 15) is 8.42 Å². The Kier molecular flexibility index (Phi) is 4.82. The lowest BCUT2D eigenvalue weighted by molar-refractivity contribution is 0.400. The summed E-state index contributed by atoms with van der Waals surface area (Å²) >= 11 is 5.44. The second kappa shape index (κ2) is 5.91. The second-order valence-corrected chi connectivity index (χ2v) is 5.24. The van der Waals surface area contributed by atoms with Crippen molar-refractivity contribution in [1.82, 2.24) is 4.98 Å². The van der Waals surface area contributed by atoms with Gasteiger partial charge in [0.25, 0.3) is 0 Å². The number of aromatic nitrogens is 1. The molecular weight excluding hydrogens is 252 g/mol. The largest absolute Gasteiger partial charge is 0.480 e. The maximum atomic E-state index is 11.6. The van der Waals surface area contributed by atoms with Crippen LogP contribution in [-0.4, -0.2) is 32.1 Å². The van der Waals surface area contributed by atoms with Gasteiger partial charge in [-0.3, -0.25) is 4.72 Å². The van der Waals surface area contributed by atoms with E-state index in [1.54, 1.807) is 12.1 Å². The predicted octanol–water partition coefficient (Wildman–Crippen LogP) is 1.46. The number of alkyl halides is 1. The minimum absolute atomic E-state index is 0.0193. The summed E-state index contributed by atoms with van der Waals surface area (Å²) in [5, 5.41) is 0. The number of nitrogens with zero attached hydrogens (tertiary/aromatic N) is 1. The van der Waals surface area contributed by atoms with Gasteiger partial charge in [0.2, 0.25) is 15.9 Å². The van der Waals surface area contributed by atoms with E-state index < -0.39 is 10.0 Å². The van der Waals surface area contributed by atoms with Crippen LogP contribution in [0.1, 0.15) is 6.42 Å². The highest BCUT2D eigenvalue weighted by atomic mass is 35.5. The van der Waals surface area contributed by atoms with E-state index in [4.69, 9.17) is 16.3 Å². The van der Waals surface area contributed by atoms with Crippen LogP contribution in [0.3, 0.4) is 0 Å². The van der Waals surface area contributed by atoms with Crippen molar-refractivity contribution >= 4 is 27.3 Å². The van der Waals surface area contributed by atoms with Crippen molar-refractivity contribution in [3.8, 4) is 5.88 Å². The fourth-order valence-electron chi connectivity index (χ4n) is 1.09. The first-order valence-electron chi connectivity index (χ1n) is 4.64. The fraction of sp³-hybridized carbons (Fsp3) is 0.444. The number of nitrogens with one attached hydrogen (secondary N) is 1. The van der Waals surface area contributed by atoms with Crippen molar-refractivity contribution in [3.63, 3.8) is 0 Å². The Labute approximate surface area is 99.8 Å². The Bertz CT molecular complexity index is 436. The molecule has 1 rings (SSSR count). The number of hydrogen-bond acceptors (Lipinski definition) is 4. The zero-order chi connectivity index (χ0) is 12.0. The average Bonchev–Trinajstić information content (AvgIpc) is 2.27. The third-order valence-corrected chi connectivity index (χ3v) is 3.40. The van der Waals surface area contributed by atoms with E-state index in [-0.39, 0.29) is 11.6 Å². The van der Waals surface area contributed by atoms with E-state index in [1.807, 2.05) is 0 Å². The highest BCUT2D eigenvalue weighted by Crippen LogP contribution is 2.21. The van der Waals surface area contributed by atoms with Gasteiger partial charge in [0, 0.05) is 12.1 Å². The molecule has 0 aliphatic carbocycles. The summed E-state index contributed by atoms with van der Waals surface area (Å²) in [5.41, 5.74) is 0.333. The SMILES string of the molecule is COc1ncccc1NS(=O)(=O)CCCCl. The van der Waals surface area contributed by atoms with Crippen molar-refractivity contribution in [2.24, 2.45) is 0 Å². The van der Waals surface area contributed by atoms with Crippen molar-refractivity contribution in [2.45, 2.75) is 6.42 Å². The van der Waals surface area contributed by atoms with Crippen LogP contribution in [0.25, 0.3) is 0 Å². The van der Waals surface area contributed by atoms with E-state index in [0.29, 0.717) is 18.0 Å². The van der Waals surface area contributed by atoms with Gasteiger partial charge >= 0.3 is 0 Å². The van der Waals surface area contributed by atoms with Gasteiger partial charge in [-0.15, -0.1) is 11.6 Å². The summed E-state index contributed by atoms with van der Waals surface area (Å²) < 4.78 is 30.5. The van der Waals surface area contributed by atoms with Crippen LogP contribution in [0.2, 0.25) is 0 Å². The van der Waals surface area contributed by atoms with Crippen molar-refractivity contribution in [2.75, 3.05) is 23.5 Å². The summed E-state index contributed by atoms with van der Waals surface area (Å²) in [4.78, 5) is 3.89. The molecule has 0 radical (unpaired) electrons. The Balaban J connectivity index is 2.79. The summed E-state index contributed by atoms with van der Waals surface area (Å²) in [6.07, 6.45) is 1.93. The zero-order valence-electron chi connectivity index (χ0n) is 8.81. The molecule has 1 heterocycles. The van der Waals surface area contributed by atoms with Crippen LogP contribution in [0, 0.1) is 0 Å². The number of sulfonamides is 1. The molecular formula is C9H13ClN2O3S. The molecule has 0 bridgehead atoms. The molecule has 0 aromatic carbocycles. The van der Waals surface area contributed by atoms with Crippen LogP contribution < -0.4 is 9.46 Å². The first kappa shape index (κ1) is 13.1. The summed E-state index contributed by atoms with van der Waals surface area (Å²) in [7, 11) is -1.95. The summed E-state index contributed by atoms with van der Waals surface area (Å²) in [6.45, 7) is 0. The minimum atomic E-state index is -3.38. The van der Waals surface area contributed by atoms with Crippen LogP contribution in [0.4, 0.5) is 5.69 Å². The molecule has 0 aliphatic rings. The van der Waals surface area contributed by atoms with Crippen molar-refractivity contribution in [3.05, 3.63) is 18.3 Å². The number of methoxy groups -OCH3 is 1. The van der Waals surface area contributed by atoms with Gasteiger partial charge in [0.15, 0.2) is 0 Å². The number of pyridine rings is 1. The molecule has 1 aromatic heterocycles. The van der Waals surface area contributed by atoms with Gasteiger partial charge in [0.05, 0.1) is 12.9 Å². The molecule has 0 amide bonds. The van der Waals surface area contributed by atoms with Gasteiger partial charge in [-0.1, -0.05) is 0 Å². The number of rotatable bonds is 6. The predicted molar refractivity (Wildman–Crippen MR) is 63.5 cm³/mol. The molecule has 90 valence electrons. The lowest BCUT2D eigenvalue weighted by Gasteiger charge is -2.09. The topological polar surface area (TPSA) is 68.3 Å². The normalized spacial score (nSPS) is 11.1. The van der Waals surface area contributed by atoms with E-state index in [1.165, 1.54) is 13.3 Å². The quantitative estimate of drug-likeness (QED) is 0.790. The summed E-state index contributed by atoms with van der Waals surface area (Å²) in [5.74, 6) is 0.538. The van der Waals surface area contributed by atoms with Crippen LogP contribution in [0.15, 0.2) is 18.3 Å². The molecule has 1 aromatic rings. The minimum Gasteiger partial charge on any atom is -0.480 e. The standard InChI is InChI=1S/C9H13ClN2O3S/c1-15-9-8(4-2-6-11-9)12-16(13,14)7-3-5-10/h2,4,6,12H,3,5,7H2,1H3. The number of ether oxygens (including phenoxy) is 1. The molecule has 5 nitrogen and oxygen atoms in total. The van der Waals surface area contributed by atoms with Gasteiger partial charge < -0.3 is 4.74 Å². The van der Waals surface area contributed by atoms with Gasteiger partial charge in [-0.2, -0.15) is 0 Å². The third-order valence-electron chi connectivity index (χ3n) is 1.78. The first-order valence-corrected chi connectivity index (χ1v) is 6.83. The lowest BCUT2D eigenvalue weighted by atomic mass is 10.4. The number of halogens is 1. The highest BCUT2D eigenvalue weighted by molar-refractivity contribution is 7.92. The maximum absolute atomic E-state index is 11.6. The maximum Gasteiger partial charge on any atom is 0.238 e. The van der Waals surface area contributed by atoms with Crippen molar-refractivity contribution in [1.29, 1.82) is 0 Å². The fourth-order valence-corrected chi connectivity index (χ4v) is 2.50. The van der Waals surface area contributed by atoms with Gasteiger partial charge in [0.1, 0.15) is 5.69 Å². The van der Waals surface area contributed by atoms with Crippen molar-refractivity contribution < 1.29 is 13.2 Å². The molecule has 0 fully saturated rings. The Morgan fingerprint density at radius 1 is 1.56 bits per heavy atom. The Hall–Kier alpha value is -1.01. The van der Waals surface area contributed by atoms with Gasteiger partial charge in [-0.05, 0) is 18.6 Å².